The molecule has 0 aliphatic carbocycles. The van der Waals surface area contributed by atoms with E-state index in [9.17, 15) is 4.79 Å². The highest BCUT2D eigenvalue weighted by Crippen LogP contribution is 2.48. The Balaban J connectivity index is 2.28. The van der Waals surface area contributed by atoms with E-state index in [0.29, 0.717) is 6.54 Å². The molecule has 0 N–H and O–H groups in total. The van der Waals surface area contributed by atoms with Crippen molar-refractivity contribution in [3.8, 4) is 0 Å². The molecule has 0 radical (unpaired) electrons. The summed E-state index contributed by atoms with van der Waals surface area (Å²) in [5.41, 5.74) is 2.83. The molecule has 2 heteroatoms. The lowest BCUT2D eigenvalue weighted by molar-refractivity contribution is -0.122. The van der Waals surface area contributed by atoms with Gasteiger partial charge in [-0.25, -0.2) is 0 Å². The zero-order valence-electron chi connectivity index (χ0n) is 12.7. The number of amides is 1. The van der Waals surface area contributed by atoms with E-state index in [-0.39, 0.29) is 5.91 Å². The van der Waals surface area contributed by atoms with Gasteiger partial charge in [0.15, 0.2) is 0 Å². The predicted octanol–water partition coefficient (Wildman–Crippen LogP) is 4.14. The third-order valence-electron chi connectivity index (χ3n) is 4.47. The highest BCUT2D eigenvalue weighted by molar-refractivity contribution is 6.10. The van der Waals surface area contributed by atoms with Gasteiger partial charge in [-0.2, -0.15) is 0 Å². The summed E-state index contributed by atoms with van der Waals surface area (Å²) in [7, 11) is 0. The van der Waals surface area contributed by atoms with E-state index in [4.69, 9.17) is 0 Å². The minimum Gasteiger partial charge on any atom is -0.311 e. The van der Waals surface area contributed by atoms with Crippen molar-refractivity contribution < 1.29 is 4.79 Å². The molecule has 0 saturated heterocycles. The Bertz CT molecular complexity index is 650. The van der Waals surface area contributed by atoms with Gasteiger partial charge in [-0.1, -0.05) is 61.9 Å². The maximum absolute atomic E-state index is 13.2. The van der Waals surface area contributed by atoms with E-state index >= 15 is 0 Å². The van der Waals surface area contributed by atoms with E-state index in [1.165, 1.54) is 0 Å². The van der Waals surface area contributed by atoms with Crippen LogP contribution in [0.1, 0.15) is 37.8 Å². The Labute approximate surface area is 126 Å². The number of rotatable bonds is 4. The van der Waals surface area contributed by atoms with Gasteiger partial charge in [-0.15, -0.1) is 0 Å². The minimum atomic E-state index is -0.511. The summed E-state index contributed by atoms with van der Waals surface area (Å²) in [6.45, 7) is 4.91. The summed E-state index contributed by atoms with van der Waals surface area (Å²) in [6, 6.07) is 18.5. The first-order chi connectivity index (χ1) is 10.3. The van der Waals surface area contributed by atoms with Crippen molar-refractivity contribution in [3.63, 3.8) is 0 Å². The first-order valence-corrected chi connectivity index (χ1v) is 7.72. The van der Waals surface area contributed by atoms with E-state index < -0.39 is 5.41 Å². The number of hydrogen-bond donors (Lipinski definition) is 0. The molecule has 0 bridgehead atoms. The fourth-order valence-corrected chi connectivity index (χ4v) is 3.60. The second-order valence-corrected chi connectivity index (χ2v) is 5.59. The zero-order valence-corrected chi connectivity index (χ0v) is 12.7. The molecule has 2 aromatic rings. The number of carbonyl (C=O) groups excluding carboxylic acids is 1. The Morgan fingerprint density at radius 1 is 0.952 bits per heavy atom. The largest absolute Gasteiger partial charge is 0.311 e. The smallest absolute Gasteiger partial charge is 0.242 e. The molecule has 1 atom stereocenters. The minimum absolute atomic E-state index is 0.222. The molecule has 0 spiro atoms. The molecule has 108 valence electrons. The van der Waals surface area contributed by atoms with Gasteiger partial charge < -0.3 is 4.90 Å². The highest BCUT2D eigenvalue weighted by Gasteiger charge is 2.50. The first kappa shape index (κ1) is 13.9. The maximum Gasteiger partial charge on any atom is 0.242 e. The molecule has 2 aromatic carbocycles. The number of anilines is 1. The summed E-state index contributed by atoms with van der Waals surface area (Å²) in [5.74, 6) is 0.222. The standard InChI is InChI=1S/C19H21NO/c1-3-14-19(15-10-6-5-7-11-15)16-12-8-9-13-17(16)20(4-2)18(19)21/h5-13H,3-4,14H2,1-2H3. The van der Waals surface area contributed by atoms with Crippen molar-refractivity contribution in [1.82, 2.24) is 0 Å². The number of hydrogen-bond acceptors (Lipinski definition) is 1. The van der Waals surface area contributed by atoms with Crippen LogP contribution in [0, 0.1) is 0 Å². The average Bonchev–Trinajstić information content (AvgIpc) is 2.78. The van der Waals surface area contributed by atoms with Gasteiger partial charge in [0.05, 0.1) is 0 Å². The van der Waals surface area contributed by atoms with E-state index in [0.717, 1.165) is 29.7 Å². The Kier molecular flexibility index (Phi) is 3.54. The summed E-state index contributed by atoms with van der Waals surface area (Å²) in [6.07, 6.45) is 1.83. The summed E-state index contributed by atoms with van der Waals surface area (Å²) >= 11 is 0. The van der Waals surface area contributed by atoms with Crippen LogP contribution in [-0.2, 0) is 10.2 Å². The number of para-hydroxylation sites is 1. The summed E-state index contributed by atoms with van der Waals surface area (Å²) in [4.78, 5) is 15.2. The molecule has 0 aromatic heterocycles. The van der Waals surface area contributed by atoms with Crippen molar-refractivity contribution >= 4 is 11.6 Å². The lowest BCUT2D eigenvalue weighted by Crippen LogP contribution is -2.41. The molecular formula is C19H21NO. The maximum atomic E-state index is 13.2. The molecule has 2 nitrogen and oxygen atoms in total. The van der Waals surface area contributed by atoms with Crippen LogP contribution >= 0.6 is 0 Å². The van der Waals surface area contributed by atoms with Crippen molar-refractivity contribution in [3.05, 3.63) is 65.7 Å². The molecular weight excluding hydrogens is 258 g/mol. The molecule has 1 heterocycles. The first-order valence-electron chi connectivity index (χ1n) is 7.72. The van der Waals surface area contributed by atoms with Gasteiger partial charge in [-0.3, -0.25) is 4.79 Å². The van der Waals surface area contributed by atoms with Crippen LogP contribution in [-0.4, -0.2) is 12.5 Å². The molecule has 0 fully saturated rings. The molecule has 1 aliphatic heterocycles. The third kappa shape index (κ3) is 1.90. The highest BCUT2D eigenvalue weighted by atomic mass is 16.2. The Morgan fingerprint density at radius 3 is 2.29 bits per heavy atom. The molecule has 0 saturated carbocycles. The van der Waals surface area contributed by atoms with Crippen molar-refractivity contribution in [2.24, 2.45) is 0 Å². The molecule has 3 rings (SSSR count). The number of nitrogens with zero attached hydrogens (tertiary/aromatic N) is 1. The Hall–Kier alpha value is -2.09. The van der Waals surface area contributed by atoms with Gasteiger partial charge >= 0.3 is 0 Å². The lowest BCUT2D eigenvalue weighted by atomic mass is 9.72. The van der Waals surface area contributed by atoms with Gasteiger partial charge in [0, 0.05) is 12.2 Å². The normalized spacial score (nSPS) is 20.7. The topological polar surface area (TPSA) is 20.3 Å². The summed E-state index contributed by atoms with van der Waals surface area (Å²) in [5, 5.41) is 0. The van der Waals surface area contributed by atoms with Gasteiger partial charge in [0.1, 0.15) is 5.41 Å². The van der Waals surface area contributed by atoms with Gasteiger partial charge in [0.25, 0.3) is 0 Å². The average molecular weight is 279 g/mol. The molecule has 1 amide bonds. The predicted molar refractivity (Wildman–Crippen MR) is 86.6 cm³/mol. The van der Waals surface area contributed by atoms with E-state index in [2.05, 4.69) is 31.2 Å². The van der Waals surface area contributed by atoms with E-state index in [1.54, 1.807) is 0 Å². The number of likely N-dealkylation sites (N-methyl/N-ethyl adjacent to an activating group) is 1. The Morgan fingerprint density at radius 2 is 1.62 bits per heavy atom. The summed E-state index contributed by atoms with van der Waals surface area (Å²) < 4.78 is 0. The van der Waals surface area contributed by atoms with Crippen molar-refractivity contribution in [2.75, 3.05) is 11.4 Å². The monoisotopic (exact) mass is 279 g/mol. The number of fused-ring (bicyclic) bond motifs is 1. The lowest BCUT2D eigenvalue weighted by Gasteiger charge is -2.29. The van der Waals surface area contributed by atoms with Crippen LogP contribution in [0.3, 0.4) is 0 Å². The van der Waals surface area contributed by atoms with Crippen LogP contribution in [0.15, 0.2) is 54.6 Å². The quantitative estimate of drug-likeness (QED) is 0.823. The second-order valence-electron chi connectivity index (χ2n) is 5.59. The van der Waals surface area contributed by atoms with Crippen LogP contribution in [0.25, 0.3) is 0 Å². The van der Waals surface area contributed by atoms with Gasteiger partial charge in [0.2, 0.25) is 5.91 Å². The van der Waals surface area contributed by atoms with Crippen LogP contribution in [0.5, 0.6) is 0 Å². The molecule has 21 heavy (non-hydrogen) atoms. The van der Waals surface area contributed by atoms with E-state index in [1.807, 2.05) is 42.2 Å². The number of benzene rings is 2. The third-order valence-corrected chi connectivity index (χ3v) is 4.47. The van der Waals surface area contributed by atoms with Crippen molar-refractivity contribution in [2.45, 2.75) is 32.1 Å². The molecule has 1 aliphatic rings. The van der Waals surface area contributed by atoms with Crippen LogP contribution in [0.4, 0.5) is 5.69 Å². The second kappa shape index (κ2) is 5.36. The van der Waals surface area contributed by atoms with Gasteiger partial charge in [-0.05, 0) is 30.5 Å². The fourth-order valence-electron chi connectivity index (χ4n) is 3.60. The SMILES string of the molecule is CCCC1(c2ccccc2)C(=O)N(CC)c2ccccc21. The fraction of sp³-hybridized carbons (Fsp3) is 0.316. The number of carbonyl (C=O) groups is 1. The van der Waals surface area contributed by atoms with Crippen LogP contribution < -0.4 is 4.90 Å². The zero-order chi connectivity index (χ0) is 14.9. The van der Waals surface area contributed by atoms with Crippen LogP contribution in [0.2, 0.25) is 0 Å². The molecule has 1 unspecified atom stereocenters. The van der Waals surface area contributed by atoms with Crippen molar-refractivity contribution in [1.29, 1.82) is 0 Å².